The van der Waals surface area contributed by atoms with E-state index in [9.17, 15) is 4.79 Å². The molecule has 0 spiro atoms. The van der Waals surface area contributed by atoms with Gasteiger partial charge in [0.05, 0.1) is 34.8 Å². The highest BCUT2D eigenvalue weighted by atomic mass is 16.6. The maximum atomic E-state index is 12.9. The second-order valence-electron chi connectivity index (χ2n) is 14.1. The van der Waals surface area contributed by atoms with Gasteiger partial charge in [-0.2, -0.15) is 10.2 Å². The van der Waals surface area contributed by atoms with E-state index in [1.165, 1.54) is 0 Å². The summed E-state index contributed by atoms with van der Waals surface area (Å²) in [7, 11) is 0. The van der Waals surface area contributed by atoms with E-state index in [0.717, 1.165) is 93.0 Å². The molecule has 242 valence electrons. The molecule has 10 nitrogen and oxygen atoms in total. The number of nitrogens with one attached hydrogen (secondary N) is 2. The third-order valence-electron chi connectivity index (χ3n) is 9.91. The number of piperazine rings is 1. The van der Waals surface area contributed by atoms with Crippen molar-refractivity contribution in [2.24, 2.45) is 0 Å². The number of fused-ring (bicyclic) bond motifs is 6. The van der Waals surface area contributed by atoms with Crippen LogP contribution in [0, 0.1) is 0 Å². The van der Waals surface area contributed by atoms with Crippen LogP contribution in [0.15, 0.2) is 85.2 Å². The van der Waals surface area contributed by atoms with Crippen LogP contribution in [0.1, 0.15) is 27.2 Å². The molecule has 3 aliphatic rings. The Balaban J connectivity index is 1.04. The summed E-state index contributed by atoms with van der Waals surface area (Å²) in [6.07, 6.45) is 4.54. The highest BCUT2D eigenvalue weighted by Gasteiger charge is 2.46. The number of aromatic nitrogens is 4. The maximum Gasteiger partial charge on any atom is 0.410 e. The van der Waals surface area contributed by atoms with Gasteiger partial charge in [-0.1, -0.05) is 36.4 Å². The molecule has 2 aromatic heterocycles. The van der Waals surface area contributed by atoms with Crippen molar-refractivity contribution in [2.75, 3.05) is 31.1 Å². The first-order valence-corrected chi connectivity index (χ1v) is 16.6. The summed E-state index contributed by atoms with van der Waals surface area (Å²) >= 11 is 0. The number of carbonyl (C=O) groups excluding carboxylic acids is 1. The minimum absolute atomic E-state index is 0.190. The molecule has 2 bridgehead atoms. The molecule has 3 aliphatic heterocycles. The van der Waals surface area contributed by atoms with Crippen molar-refractivity contribution in [1.29, 1.82) is 0 Å². The van der Waals surface area contributed by atoms with Gasteiger partial charge in [0, 0.05) is 49.0 Å². The van der Waals surface area contributed by atoms with Crippen LogP contribution in [0.3, 0.4) is 0 Å². The Morgan fingerprint density at radius 2 is 1.42 bits per heavy atom. The summed E-state index contributed by atoms with van der Waals surface area (Å²) in [6, 6.07) is 25.9. The van der Waals surface area contributed by atoms with Gasteiger partial charge in [0.1, 0.15) is 5.60 Å². The minimum atomic E-state index is -0.495. The fraction of sp³-hybridized carbons (Fsp3) is 0.289. The Morgan fingerprint density at radius 3 is 1.96 bits per heavy atom. The number of benzene rings is 4. The Labute approximate surface area is 278 Å². The van der Waals surface area contributed by atoms with E-state index >= 15 is 0 Å². The van der Waals surface area contributed by atoms with Crippen molar-refractivity contribution in [3.05, 3.63) is 85.2 Å². The van der Waals surface area contributed by atoms with Crippen LogP contribution in [-0.2, 0) is 4.74 Å². The average Bonchev–Trinajstić information content (AvgIpc) is 3.89. The van der Waals surface area contributed by atoms with E-state index in [1.54, 1.807) is 0 Å². The zero-order chi connectivity index (χ0) is 32.6. The lowest BCUT2D eigenvalue weighted by Gasteiger charge is -2.38. The fourth-order valence-corrected chi connectivity index (χ4v) is 7.70. The number of ether oxygens (including phenoxy) is 2. The van der Waals surface area contributed by atoms with Gasteiger partial charge in [-0.3, -0.25) is 15.1 Å². The first-order chi connectivity index (χ1) is 23.3. The van der Waals surface area contributed by atoms with Crippen LogP contribution in [0.25, 0.3) is 44.1 Å². The summed E-state index contributed by atoms with van der Waals surface area (Å²) in [5.41, 5.74) is 7.93. The van der Waals surface area contributed by atoms with Crippen molar-refractivity contribution >= 4 is 39.3 Å². The van der Waals surface area contributed by atoms with Crippen LogP contribution in [-0.4, -0.2) is 80.2 Å². The summed E-state index contributed by atoms with van der Waals surface area (Å²) in [4.78, 5) is 19.7. The molecule has 6 aromatic rings. The van der Waals surface area contributed by atoms with E-state index in [-0.39, 0.29) is 12.1 Å². The predicted molar refractivity (Wildman–Crippen MR) is 187 cm³/mol. The quantitative estimate of drug-likeness (QED) is 0.199. The lowest BCUT2D eigenvalue weighted by Crippen LogP contribution is -2.51. The Morgan fingerprint density at radius 1 is 0.812 bits per heavy atom. The molecule has 2 atom stereocenters. The number of nitrogens with zero attached hydrogens (tertiary/aromatic N) is 5. The van der Waals surface area contributed by atoms with Crippen molar-refractivity contribution < 1.29 is 14.3 Å². The van der Waals surface area contributed by atoms with E-state index in [1.807, 2.05) is 62.3 Å². The van der Waals surface area contributed by atoms with E-state index in [4.69, 9.17) is 9.47 Å². The molecule has 4 aromatic carbocycles. The fourth-order valence-electron chi connectivity index (χ4n) is 7.70. The molecule has 2 saturated heterocycles. The van der Waals surface area contributed by atoms with Gasteiger partial charge in [-0.05, 0) is 85.8 Å². The van der Waals surface area contributed by atoms with Gasteiger partial charge >= 0.3 is 6.09 Å². The van der Waals surface area contributed by atoms with Gasteiger partial charge in [0.25, 0.3) is 0 Å². The lowest BCUT2D eigenvalue weighted by molar-refractivity contribution is 0.0132. The lowest BCUT2D eigenvalue weighted by atomic mass is 9.99. The third kappa shape index (κ3) is 4.86. The maximum absolute atomic E-state index is 12.9. The van der Waals surface area contributed by atoms with Gasteiger partial charge in [0.15, 0.2) is 11.5 Å². The van der Waals surface area contributed by atoms with Crippen LogP contribution in [0.4, 0.5) is 16.2 Å². The van der Waals surface area contributed by atoms with Crippen LogP contribution in [0.2, 0.25) is 0 Å². The summed E-state index contributed by atoms with van der Waals surface area (Å²) in [5.74, 6) is 1.64. The molecule has 5 heterocycles. The second-order valence-corrected chi connectivity index (χ2v) is 14.1. The highest BCUT2D eigenvalue weighted by Crippen LogP contribution is 2.49. The largest absolute Gasteiger partial charge is 0.453 e. The van der Waals surface area contributed by atoms with Crippen LogP contribution in [0.5, 0.6) is 11.5 Å². The average molecular weight is 640 g/mol. The van der Waals surface area contributed by atoms with Gasteiger partial charge in [-0.15, -0.1) is 0 Å². The number of rotatable bonds is 5. The summed E-state index contributed by atoms with van der Waals surface area (Å²) in [5, 5.41) is 16.9. The molecule has 2 fully saturated rings. The smallest absolute Gasteiger partial charge is 0.410 e. The van der Waals surface area contributed by atoms with Crippen molar-refractivity contribution in [1.82, 2.24) is 30.2 Å². The molecular weight excluding hydrogens is 602 g/mol. The number of H-pyrrole nitrogens is 2. The summed E-state index contributed by atoms with van der Waals surface area (Å²) < 4.78 is 12.5. The summed E-state index contributed by atoms with van der Waals surface area (Å²) in [6.45, 7) is 8.99. The Hall–Kier alpha value is -5.35. The van der Waals surface area contributed by atoms with E-state index < -0.39 is 5.60 Å². The third-order valence-corrected chi connectivity index (χ3v) is 9.91. The first-order valence-electron chi connectivity index (χ1n) is 16.6. The highest BCUT2D eigenvalue weighted by molar-refractivity contribution is 5.97. The molecule has 0 radical (unpaired) electrons. The Kier molecular flexibility index (Phi) is 6.52. The SMILES string of the molecule is CC(C)(C)OC(=O)N1C[C@H]2C[C@@H]1CN2CCN1c2ccc(-c3cccc4[nH]ncc34)cc2Oc2cc(-c3cccc4[nH]ncc34)ccc21. The molecule has 9 rings (SSSR count). The number of carbonyl (C=O) groups is 1. The molecule has 0 unspecified atom stereocenters. The number of hydrogen-bond donors (Lipinski definition) is 2. The zero-order valence-electron chi connectivity index (χ0n) is 27.2. The second kappa shape index (κ2) is 10.8. The molecule has 0 aliphatic carbocycles. The van der Waals surface area contributed by atoms with Crippen molar-refractivity contribution in [2.45, 2.75) is 44.9 Å². The molecule has 48 heavy (non-hydrogen) atoms. The molecule has 10 heteroatoms. The Bertz CT molecular complexity index is 2070. The number of hydrogen-bond acceptors (Lipinski definition) is 7. The predicted octanol–water partition coefficient (Wildman–Crippen LogP) is 7.71. The first kappa shape index (κ1) is 28.8. The molecule has 1 amide bonds. The number of amides is 1. The van der Waals surface area contributed by atoms with Gasteiger partial charge in [-0.25, -0.2) is 4.79 Å². The van der Waals surface area contributed by atoms with Crippen molar-refractivity contribution in [3.8, 4) is 33.8 Å². The van der Waals surface area contributed by atoms with E-state index in [0.29, 0.717) is 12.6 Å². The van der Waals surface area contributed by atoms with Gasteiger partial charge < -0.3 is 19.3 Å². The van der Waals surface area contributed by atoms with Crippen LogP contribution < -0.4 is 9.64 Å². The topological polar surface area (TPSA) is 103 Å². The van der Waals surface area contributed by atoms with Gasteiger partial charge in [0.2, 0.25) is 0 Å². The standard InChI is InChI=1S/C38H37N7O3/c1-38(2,3)48-37(46)45-22-25-18-26(45)21-43(25)14-15-44-33-12-10-23(27-6-4-8-31-29(27)19-39-41-31)16-35(33)47-36-17-24(11-13-34(36)44)28-7-5-9-32-30(28)20-40-42-32/h4-13,16-17,19-20,25-26H,14-15,18,21-22H2,1-3H3,(H,39,41)(H,40,42)/t25-,26-/m1/s1. The van der Waals surface area contributed by atoms with Crippen molar-refractivity contribution in [3.63, 3.8) is 0 Å². The molecule has 2 N–H and O–H groups in total. The number of likely N-dealkylation sites (tertiary alicyclic amines) is 2. The number of anilines is 2. The molecule has 0 saturated carbocycles. The number of aromatic amines is 2. The molecular formula is C38H37N7O3. The zero-order valence-corrected chi connectivity index (χ0v) is 27.2. The normalized spacial score (nSPS) is 18.7. The van der Waals surface area contributed by atoms with E-state index in [2.05, 4.69) is 78.7 Å². The minimum Gasteiger partial charge on any atom is -0.453 e. The monoisotopic (exact) mass is 639 g/mol. The van der Waals surface area contributed by atoms with Crippen LogP contribution >= 0.6 is 0 Å².